The topological polar surface area (TPSA) is 12.0 Å². The van der Waals surface area contributed by atoms with Crippen molar-refractivity contribution in [1.29, 1.82) is 0 Å². The van der Waals surface area contributed by atoms with Crippen molar-refractivity contribution in [2.45, 2.75) is 44.8 Å². The molecule has 0 heterocycles. The van der Waals surface area contributed by atoms with Crippen molar-refractivity contribution in [1.82, 2.24) is 5.32 Å². The SMILES string of the molecule is C=C(C)CCNCC(CC)(CC)SC. The van der Waals surface area contributed by atoms with E-state index in [2.05, 4.69) is 38.9 Å². The summed E-state index contributed by atoms with van der Waals surface area (Å²) < 4.78 is 0.440. The highest BCUT2D eigenvalue weighted by molar-refractivity contribution is 8.00. The second kappa shape index (κ2) is 7.36. The highest BCUT2D eigenvalue weighted by Crippen LogP contribution is 2.29. The molecule has 0 aliphatic rings. The number of hydrogen-bond donors (Lipinski definition) is 1. The fourth-order valence-corrected chi connectivity index (χ4v) is 2.30. The van der Waals surface area contributed by atoms with Crippen molar-refractivity contribution in [3.05, 3.63) is 12.2 Å². The smallest absolute Gasteiger partial charge is 0.0276 e. The summed E-state index contributed by atoms with van der Waals surface area (Å²) in [5.74, 6) is 0. The molecule has 1 N–H and O–H groups in total. The van der Waals surface area contributed by atoms with Gasteiger partial charge in [0.2, 0.25) is 0 Å². The molecular formula is C12H25NS. The Labute approximate surface area is 93.7 Å². The van der Waals surface area contributed by atoms with Gasteiger partial charge in [-0.15, -0.1) is 6.58 Å². The van der Waals surface area contributed by atoms with Crippen molar-refractivity contribution < 1.29 is 0 Å². The molecule has 0 aliphatic heterocycles. The Morgan fingerprint density at radius 1 is 1.36 bits per heavy atom. The van der Waals surface area contributed by atoms with E-state index >= 15 is 0 Å². The van der Waals surface area contributed by atoms with Gasteiger partial charge in [0.15, 0.2) is 0 Å². The van der Waals surface area contributed by atoms with Gasteiger partial charge in [-0.3, -0.25) is 0 Å². The van der Waals surface area contributed by atoms with E-state index < -0.39 is 0 Å². The van der Waals surface area contributed by atoms with Gasteiger partial charge in [0.25, 0.3) is 0 Å². The summed E-state index contributed by atoms with van der Waals surface area (Å²) in [6.45, 7) is 12.7. The van der Waals surface area contributed by atoms with Crippen LogP contribution in [0, 0.1) is 0 Å². The average molecular weight is 215 g/mol. The fraction of sp³-hybridized carbons (Fsp3) is 0.833. The molecule has 1 nitrogen and oxygen atoms in total. The van der Waals surface area contributed by atoms with Gasteiger partial charge in [0.05, 0.1) is 0 Å². The molecule has 0 atom stereocenters. The maximum absolute atomic E-state index is 3.90. The van der Waals surface area contributed by atoms with Gasteiger partial charge >= 0.3 is 0 Å². The summed E-state index contributed by atoms with van der Waals surface area (Å²) in [4.78, 5) is 0. The average Bonchev–Trinajstić information content (AvgIpc) is 2.19. The molecule has 0 aromatic carbocycles. The number of nitrogens with one attached hydrogen (secondary N) is 1. The van der Waals surface area contributed by atoms with E-state index in [9.17, 15) is 0 Å². The zero-order valence-corrected chi connectivity index (χ0v) is 11.0. The first-order chi connectivity index (χ1) is 6.60. The molecule has 0 amide bonds. The zero-order chi connectivity index (χ0) is 11.0. The highest BCUT2D eigenvalue weighted by atomic mass is 32.2. The van der Waals surface area contributed by atoms with Crippen LogP contribution in [0.4, 0.5) is 0 Å². The molecule has 84 valence electrons. The maximum atomic E-state index is 3.90. The molecule has 0 aromatic heterocycles. The van der Waals surface area contributed by atoms with Gasteiger partial charge in [0.1, 0.15) is 0 Å². The fourth-order valence-electron chi connectivity index (χ4n) is 1.48. The van der Waals surface area contributed by atoms with Crippen LogP contribution in [0.2, 0.25) is 0 Å². The second-order valence-corrected chi connectivity index (χ2v) is 5.25. The van der Waals surface area contributed by atoms with Crippen LogP contribution < -0.4 is 5.32 Å². The number of thioether (sulfide) groups is 1. The molecule has 0 unspecified atom stereocenters. The number of rotatable bonds is 8. The van der Waals surface area contributed by atoms with Crippen molar-refractivity contribution in [2.75, 3.05) is 19.3 Å². The first-order valence-corrected chi connectivity index (χ1v) is 6.73. The van der Waals surface area contributed by atoms with Gasteiger partial charge < -0.3 is 5.32 Å². The lowest BCUT2D eigenvalue weighted by atomic mass is 10.0. The summed E-state index contributed by atoms with van der Waals surface area (Å²) in [5.41, 5.74) is 1.26. The molecule has 0 spiro atoms. The largest absolute Gasteiger partial charge is 0.315 e. The van der Waals surface area contributed by atoms with Gasteiger partial charge in [0, 0.05) is 11.3 Å². The van der Waals surface area contributed by atoms with Crippen LogP contribution in [0.15, 0.2) is 12.2 Å². The molecule has 2 heteroatoms. The maximum Gasteiger partial charge on any atom is 0.0276 e. The van der Waals surface area contributed by atoms with Crippen molar-refractivity contribution >= 4 is 11.8 Å². The van der Waals surface area contributed by atoms with Crippen LogP contribution in [0.3, 0.4) is 0 Å². The molecule has 0 aliphatic carbocycles. The molecule has 0 radical (unpaired) electrons. The first-order valence-electron chi connectivity index (χ1n) is 5.50. The van der Waals surface area contributed by atoms with Crippen molar-refractivity contribution in [2.24, 2.45) is 0 Å². The van der Waals surface area contributed by atoms with Gasteiger partial charge in [-0.05, 0) is 39.0 Å². The van der Waals surface area contributed by atoms with Crippen LogP contribution >= 0.6 is 11.8 Å². The first kappa shape index (κ1) is 14.1. The molecule has 14 heavy (non-hydrogen) atoms. The van der Waals surface area contributed by atoms with Gasteiger partial charge in [-0.25, -0.2) is 0 Å². The van der Waals surface area contributed by atoms with Crippen LogP contribution in [0.5, 0.6) is 0 Å². The Morgan fingerprint density at radius 2 is 1.93 bits per heavy atom. The minimum Gasteiger partial charge on any atom is -0.315 e. The summed E-state index contributed by atoms with van der Waals surface area (Å²) in [5, 5.41) is 3.53. The Hall–Kier alpha value is 0.0500. The van der Waals surface area contributed by atoms with E-state index in [1.807, 2.05) is 11.8 Å². The predicted octanol–water partition coefficient (Wildman–Crippen LogP) is 3.46. The quantitative estimate of drug-likeness (QED) is 0.491. The molecular weight excluding hydrogens is 190 g/mol. The minimum atomic E-state index is 0.440. The van der Waals surface area contributed by atoms with Crippen LogP contribution in [0.1, 0.15) is 40.0 Å². The van der Waals surface area contributed by atoms with Crippen molar-refractivity contribution in [3.63, 3.8) is 0 Å². The molecule has 0 saturated heterocycles. The Kier molecular flexibility index (Phi) is 7.38. The highest BCUT2D eigenvalue weighted by Gasteiger charge is 2.23. The van der Waals surface area contributed by atoms with Gasteiger partial charge in [-0.1, -0.05) is 19.4 Å². The standard InChI is InChI=1S/C12H25NS/c1-6-12(7-2,14-5)10-13-9-8-11(3)4/h13H,3,6-10H2,1-2,4-5H3. The van der Waals surface area contributed by atoms with E-state index in [0.717, 1.165) is 19.5 Å². The van der Waals surface area contributed by atoms with Crippen molar-refractivity contribution in [3.8, 4) is 0 Å². The molecule has 0 bridgehead atoms. The minimum absolute atomic E-state index is 0.440. The van der Waals surface area contributed by atoms with E-state index in [1.165, 1.54) is 18.4 Å². The predicted molar refractivity (Wildman–Crippen MR) is 69.1 cm³/mol. The Bertz CT molecular complexity index is 153. The third-order valence-electron chi connectivity index (χ3n) is 2.90. The van der Waals surface area contributed by atoms with E-state index in [4.69, 9.17) is 0 Å². The molecule has 0 rings (SSSR count). The zero-order valence-electron chi connectivity index (χ0n) is 10.2. The number of hydrogen-bond acceptors (Lipinski definition) is 2. The Balaban J connectivity index is 3.77. The summed E-state index contributed by atoms with van der Waals surface area (Å²) in [6.07, 6.45) is 5.79. The Morgan fingerprint density at radius 3 is 2.29 bits per heavy atom. The third-order valence-corrected chi connectivity index (χ3v) is 4.49. The lowest BCUT2D eigenvalue weighted by Gasteiger charge is -2.30. The monoisotopic (exact) mass is 215 g/mol. The summed E-state index contributed by atoms with van der Waals surface area (Å²) in [7, 11) is 0. The lowest BCUT2D eigenvalue weighted by Crippen LogP contribution is -2.37. The van der Waals surface area contributed by atoms with E-state index in [-0.39, 0.29) is 0 Å². The summed E-state index contributed by atoms with van der Waals surface area (Å²) >= 11 is 1.99. The van der Waals surface area contributed by atoms with Crippen LogP contribution in [-0.4, -0.2) is 24.1 Å². The van der Waals surface area contributed by atoms with Crippen LogP contribution in [-0.2, 0) is 0 Å². The second-order valence-electron chi connectivity index (χ2n) is 3.98. The molecule has 0 saturated carbocycles. The van der Waals surface area contributed by atoms with Gasteiger partial charge in [-0.2, -0.15) is 11.8 Å². The van der Waals surface area contributed by atoms with Crippen LogP contribution in [0.25, 0.3) is 0 Å². The third kappa shape index (κ3) is 5.06. The molecule has 0 aromatic rings. The molecule has 0 fully saturated rings. The van der Waals surface area contributed by atoms with E-state index in [1.54, 1.807) is 0 Å². The lowest BCUT2D eigenvalue weighted by molar-refractivity contribution is 0.497. The summed E-state index contributed by atoms with van der Waals surface area (Å²) in [6, 6.07) is 0. The normalized spacial score (nSPS) is 11.7. The van der Waals surface area contributed by atoms with E-state index in [0.29, 0.717) is 4.75 Å².